The van der Waals surface area contributed by atoms with Crippen molar-refractivity contribution in [1.29, 1.82) is 0 Å². The monoisotopic (exact) mass is 154 g/mol. The molecule has 0 amide bonds. The van der Waals surface area contributed by atoms with Crippen LogP contribution in [0.15, 0.2) is 12.4 Å². The van der Waals surface area contributed by atoms with Crippen LogP contribution in [-0.4, -0.2) is 12.3 Å². The van der Waals surface area contributed by atoms with E-state index in [0.29, 0.717) is 0 Å². The molecule has 0 fully saturated rings. The maximum atomic E-state index is 9.07. The number of nitrogens with zero attached hydrogens (tertiary/aromatic N) is 1. The van der Waals surface area contributed by atoms with Crippen molar-refractivity contribution in [2.75, 3.05) is 7.11 Å². The molecule has 0 unspecified atom stereocenters. The van der Waals surface area contributed by atoms with Gasteiger partial charge in [-0.05, 0) is 13.8 Å². The first-order valence-corrected chi connectivity index (χ1v) is 3.41. The van der Waals surface area contributed by atoms with E-state index in [1.54, 1.807) is 19.5 Å². The highest BCUT2D eigenvalue weighted by Crippen LogP contribution is 2.18. The van der Waals surface area contributed by atoms with E-state index in [-0.39, 0.29) is 0 Å². The zero-order chi connectivity index (χ0) is 8.43. The molecule has 1 heterocycles. The van der Waals surface area contributed by atoms with Gasteiger partial charge in [0.05, 0.1) is 18.2 Å². The Kier molecular flexibility index (Phi) is 1.98. The Labute approximate surface area is 65.8 Å². The van der Waals surface area contributed by atoms with Crippen molar-refractivity contribution in [2.24, 2.45) is 0 Å². The molecule has 11 heavy (non-hydrogen) atoms. The summed E-state index contributed by atoms with van der Waals surface area (Å²) in [6.45, 7) is 3.77. The van der Waals surface area contributed by atoms with Crippen molar-refractivity contribution in [2.45, 2.75) is 13.8 Å². The Morgan fingerprint density at radius 2 is 1.73 bits per heavy atom. The highest BCUT2D eigenvalue weighted by molar-refractivity contribution is 5.34. The summed E-state index contributed by atoms with van der Waals surface area (Å²) in [6.07, 6.45) is 3.21. The lowest BCUT2D eigenvalue weighted by Crippen LogP contribution is -2.29. The largest absolute Gasteiger partial charge is 0.496 e. The molecule has 60 valence electrons. The quantitative estimate of drug-likeness (QED) is 0.480. The molecule has 1 rings (SSSR count). The highest BCUT2D eigenvalue weighted by atomic mass is 16.5. The minimum absolute atomic E-state index is 0.829. The first-order chi connectivity index (χ1) is 5.15. The summed E-state index contributed by atoms with van der Waals surface area (Å²) in [6, 6.07) is 0. The molecule has 1 N–H and O–H groups in total. The van der Waals surface area contributed by atoms with Gasteiger partial charge in [0.1, 0.15) is 5.75 Å². The number of hydrogen-bond donors (Lipinski definition) is 1. The fourth-order valence-electron chi connectivity index (χ4n) is 1.18. The SMILES string of the molecule is COc1c(C)c[n+](O)cc1C. The molecule has 0 radical (unpaired) electrons. The summed E-state index contributed by atoms with van der Waals surface area (Å²) in [5.74, 6) is 0.829. The highest BCUT2D eigenvalue weighted by Gasteiger charge is 2.09. The smallest absolute Gasteiger partial charge is 0.228 e. The predicted molar refractivity (Wildman–Crippen MR) is 39.8 cm³/mol. The van der Waals surface area contributed by atoms with Gasteiger partial charge in [0, 0.05) is 4.73 Å². The lowest BCUT2D eigenvalue weighted by molar-refractivity contribution is -0.905. The van der Waals surface area contributed by atoms with Gasteiger partial charge in [0.15, 0.2) is 0 Å². The van der Waals surface area contributed by atoms with Gasteiger partial charge in [-0.1, -0.05) is 0 Å². The lowest BCUT2D eigenvalue weighted by atomic mass is 10.2. The van der Waals surface area contributed by atoms with Gasteiger partial charge in [0.25, 0.3) is 0 Å². The van der Waals surface area contributed by atoms with Crippen molar-refractivity contribution in [3.63, 3.8) is 0 Å². The van der Waals surface area contributed by atoms with Crippen molar-refractivity contribution in [3.05, 3.63) is 23.5 Å². The van der Waals surface area contributed by atoms with E-state index in [2.05, 4.69) is 0 Å². The summed E-state index contributed by atoms with van der Waals surface area (Å²) < 4.78 is 6.14. The second-order valence-corrected chi connectivity index (χ2v) is 2.54. The van der Waals surface area contributed by atoms with Gasteiger partial charge in [-0.25, -0.2) is 0 Å². The first kappa shape index (κ1) is 7.85. The van der Waals surface area contributed by atoms with E-state index in [4.69, 9.17) is 9.94 Å². The Balaban J connectivity index is 3.25. The average Bonchev–Trinajstić information content (AvgIpc) is 1.85. The predicted octanol–water partition coefficient (Wildman–Crippen LogP) is 0.837. The molecular formula is C8H12NO2+. The Hall–Kier alpha value is -1.25. The van der Waals surface area contributed by atoms with Crippen molar-refractivity contribution >= 4 is 0 Å². The van der Waals surface area contributed by atoms with Crippen molar-refractivity contribution in [1.82, 2.24) is 0 Å². The van der Waals surface area contributed by atoms with Crippen LogP contribution in [0, 0.1) is 13.8 Å². The second-order valence-electron chi connectivity index (χ2n) is 2.54. The van der Waals surface area contributed by atoms with E-state index < -0.39 is 0 Å². The fraction of sp³-hybridized carbons (Fsp3) is 0.375. The first-order valence-electron chi connectivity index (χ1n) is 3.41. The number of ether oxygens (including phenoxy) is 1. The van der Waals surface area contributed by atoms with E-state index in [0.717, 1.165) is 21.6 Å². The average molecular weight is 154 g/mol. The minimum Gasteiger partial charge on any atom is -0.496 e. The van der Waals surface area contributed by atoms with Crippen LogP contribution in [0.3, 0.4) is 0 Å². The van der Waals surface area contributed by atoms with Crippen molar-refractivity contribution in [3.8, 4) is 5.75 Å². The van der Waals surface area contributed by atoms with Gasteiger partial charge in [-0.3, -0.25) is 5.21 Å². The van der Waals surface area contributed by atoms with Gasteiger partial charge in [-0.2, -0.15) is 0 Å². The van der Waals surface area contributed by atoms with E-state index in [1.165, 1.54) is 0 Å². The summed E-state index contributed by atoms with van der Waals surface area (Å²) >= 11 is 0. The number of rotatable bonds is 1. The van der Waals surface area contributed by atoms with Gasteiger partial charge in [0.2, 0.25) is 12.4 Å². The molecule has 3 heteroatoms. The molecule has 0 saturated heterocycles. The standard InChI is InChI=1S/C8H12NO2/c1-6-4-9(10)5-7(2)8(6)11-3/h4-5,10H,1-3H3/q+1. The molecule has 0 aromatic carbocycles. The number of aromatic nitrogens is 1. The second kappa shape index (κ2) is 2.78. The maximum Gasteiger partial charge on any atom is 0.228 e. The van der Waals surface area contributed by atoms with E-state index >= 15 is 0 Å². The summed E-state index contributed by atoms with van der Waals surface area (Å²) in [5, 5.41) is 9.07. The van der Waals surface area contributed by atoms with Crippen LogP contribution >= 0.6 is 0 Å². The van der Waals surface area contributed by atoms with Crippen molar-refractivity contribution < 1.29 is 14.7 Å². The molecule has 0 aliphatic rings. The number of aryl methyl sites for hydroxylation is 2. The van der Waals surface area contributed by atoms with Gasteiger partial charge < -0.3 is 4.74 Å². The molecule has 0 atom stereocenters. The third-order valence-corrected chi connectivity index (χ3v) is 1.57. The summed E-state index contributed by atoms with van der Waals surface area (Å²) in [7, 11) is 1.62. The zero-order valence-electron chi connectivity index (χ0n) is 6.96. The van der Waals surface area contributed by atoms with Crippen LogP contribution in [0.25, 0.3) is 0 Å². The third-order valence-electron chi connectivity index (χ3n) is 1.57. The third kappa shape index (κ3) is 1.42. The summed E-state index contributed by atoms with van der Waals surface area (Å²) in [4.78, 5) is 0. The van der Waals surface area contributed by atoms with E-state index in [9.17, 15) is 0 Å². The van der Waals surface area contributed by atoms with Crippen LogP contribution in [0.1, 0.15) is 11.1 Å². The normalized spacial score (nSPS) is 9.73. The molecule has 0 aliphatic carbocycles. The molecule has 1 aromatic rings. The number of methoxy groups -OCH3 is 1. The van der Waals surface area contributed by atoms with Crippen LogP contribution in [0.4, 0.5) is 0 Å². The van der Waals surface area contributed by atoms with E-state index in [1.807, 2.05) is 13.8 Å². The number of pyridine rings is 1. The zero-order valence-corrected chi connectivity index (χ0v) is 6.96. The van der Waals surface area contributed by atoms with Crippen LogP contribution in [0.2, 0.25) is 0 Å². The molecule has 3 nitrogen and oxygen atoms in total. The lowest BCUT2D eigenvalue weighted by Gasteiger charge is -2.03. The topological polar surface area (TPSA) is 33.3 Å². The van der Waals surface area contributed by atoms with Crippen LogP contribution < -0.4 is 9.47 Å². The molecular weight excluding hydrogens is 142 g/mol. The molecule has 0 bridgehead atoms. The van der Waals surface area contributed by atoms with Gasteiger partial charge >= 0.3 is 0 Å². The molecule has 1 aromatic heterocycles. The Morgan fingerprint density at radius 3 is 2.09 bits per heavy atom. The maximum absolute atomic E-state index is 9.07. The minimum atomic E-state index is 0.829. The van der Waals surface area contributed by atoms with Crippen LogP contribution in [-0.2, 0) is 0 Å². The molecule has 0 saturated carbocycles. The van der Waals surface area contributed by atoms with Crippen LogP contribution in [0.5, 0.6) is 5.75 Å². The molecule has 0 aliphatic heterocycles. The molecule has 0 spiro atoms. The van der Waals surface area contributed by atoms with Gasteiger partial charge in [-0.15, -0.1) is 0 Å². The Bertz CT molecular complexity index is 248. The number of hydrogen-bond acceptors (Lipinski definition) is 2. The Morgan fingerprint density at radius 1 is 1.27 bits per heavy atom. The fourth-order valence-corrected chi connectivity index (χ4v) is 1.18. The summed E-state index contributed by atoms with van der Waals surface area (Å²) in [5.41, 5.74) is 1.85.